The average molecular weight is 316 g/mol. The lowest BCUT2D eigenvalue weighted by molar-refractivity contribution is -0.140. The van der Waals surface area contributed by atoms with Gasteiger partial charge in [-0.1, -0.05) is 0 Å². The zero-order valence-corrected chi connectivity index (χ0v) is 11.7. The van der Waals surface area contributed by atoms with Gasteiger partial charge in [-0.15, -0.1) is 0 Å². The molecule has 0 aliphatic carbocycles. The Bertz CT molecular complexity index is 448. The number of halogens is 1. The molecule has 0 saturated carbocycles. The van der Waals surface area contributed by atoms with Crippen LogP contribution in [0.15, 0.2) is 22.7 Å². The van der Waals surface area contributed by atoms with Crippen molar-refractivity contribution in [2.45, 2.75) is 6.42 Å². The summed E-state index contributed by atoms with van der Waals surface area (Å²) in [5, 5.41) is 2.63. The number of carbonyl (C=O) groups is 2. The first-order chi connectivity index (χ1) is 8.58. The average Bonchev–Trinajstić information content (AvgIpc) is 2.38. The van der Waals surface area contributed by atoms with E-state index in [1.165, 1.54) is 14.2 Å². The fraction of sp³-hybridized carbons (Fsp3) is 0.333. The molecule has 1 N–H and O–H groups in total. The number of rotatable bonds is 5. The Hall–Kier alpha value is -1.56. The summed E-state index contributed by atoms with van der Waals surface area (Å²) >= 11 is 3.29. The molecule has 1 aromatic rings. The molecule has 0 spiro atoms. The molecule has 1 aromatic carbocycles. The van der Waals surface area contributed by atoms with Crippen LogP contribution in [0.25, 0.3) is 0 Å². The maximum Gasteiger partial charge on any atom is 0.307 e. The van der Waals surface area contributed by atoms with Crippen LogP contribution in [0.4, 0.5) is 0 Å². The fourth-order valence-corrected chi connectivity index (χ4v) is 1.71. The molecule has 1 amide bonds. The van der Waals surface area contributed by atoms with Crippen LogP contribution in [0.5, 0.6) is 5.75 Å². The highest BCUT2D eigenvalue weighted by molar-refractivity contribution is 9.10. The lowest BCUT2D eigenvalue weighted by Gasteiger charge is -2.08. The van der Waals surface area contributed by atoms with Crippen molar-refractivity contribution in [1.82, 2.24) is 5.32 Å². The van der Waals surface area contributed by atoms with Gasteiger partial charge in [0, 0.05) is 11.0 Å². The van der Waals surface area contributed by atoms with Crippen molar-refractivity contribution < 1.29 is 19.1 Å². The second-order valence-corrected chi connectivity index (χ2v) is 4.28. The monoisotopic (exact) mass is 315 g/mol. The summed E-state index contributed by atoms with van der Waals surface area (Å²) < 4.78 is 10.2. The van der Waals surface area contributed by atoms with Gasteiger partial charge in [-0.25, -0.2) is 0 Å². The molecular weight excluding hydrogens is 302 g/mol. The lowest BCUT2D eigenvalue weighted by Crippen LogP contribution is -2.26. The molecule has 0 atom stereocenters. The Labute approximate surface area is 114 Å². The molecule has 0 fully saturated rings. The number of methoxy groups -OCH3 is 2. The van der Waals surface area contributed by atoms with Crippen LogP contribution in [-0.2, 0) is 9.53 Å². The molecule has 18 heavy (non-hydrogen) atoms. The van der Waals surface area contributed by atoms with Crippen LogP contribution in [0.1, 0.15) is 16.8 Å². The van der Waals surface area contributed by atoms with Crippen molar-refractivity contribution >= 4 is 27.8 Å². The molecule has 0 unspecified atom stereocenters. The number of benzene rings is 1. The smallest absolute Gasteiger partial charge is 0.307 e. The highest BCUT2D eigenvalue weighted by Gasteiger charge is 2.11. The number of hydrogen-bond donors (Lipinski definition) is 1. The summed E-state index contributed by atoms with van der Waals surface area (Å²) in [6.07, 6.45) is 0.143. The predicted octanol–water partition coefficient (Wildman–Crippen LogP) is 1.75. The third kappa shape index (κ3) is 4.03. The first kappa shape index (κ1) is 14.5. The zero-order chi connectivity index (χ0) is 13.5. The Kier molecular flexibility index (Phi) is 5.64. The van der Waals surface area contributed by atoms with Crippen LogP contribution >= 0.6 is 15.9 Å². The minimum atomic E-state index is -0.361. The molecule has 0 heterocycles. The van der Waals surface area contributed by atoms with E-state index in [2.05, 4.69) is 26.0 Å². The number of nitrogens with one attached hydrogen (secondary N) is 1. The van der Waals surface area contributed by atoms with E-state index in [1.54, 1.807) is 18.2 Å². The summed E-state index contributed by atoms with van der Waals surface area (Å²) in [7, 11) is 2.84. The van der Waals surface area contributed by atoms with E-state index in [4.69, 9.17) is 4.74 Å². The molecule has 0 radical (unpaired) electrons. The lowest BCUT2D eigenvalue weighted by atomic mass is 10.2. The van der Waals surface area contributed by atoms with Crippen LogP contribution in [0, 0.1) is 0 Å². The maximum absolute atomic E-state index is 11.9. The zero-order valence-electron chi connectivity index (χ0n) is 10.2. The minimum absolute atomic E-state index is 0.143. The van der Waals surface area contributed by atoms with Gasteiger partial charge in [0.05, 0.1) is 26.2 Å². The van der Waals surface area contributed by atoms with Gasteiger partial charge in [0.2, 0.25) is 0 Å². The van der Waals surface area contributed by atoms with Crippen molar-refractivity contribution in [3.8, 4) is 5.75 Å². The van der Waals surface area contributed by atoms with E-state index in [9.17, 15) is 9.59 Å². The first-order valence-electron chi connectivity index (χ1n) is 5.27. The van der Waals surface area contributed by atoms with E-state index < -0.39 is 0 Å². The first-order valence-corrected chi connectivity index (χ1v) is 6.06. The number of hydrogen-bond acceptors (Lipinski definition) is 4. The maximum atomic E-state index is 11.9. The van der Waals surface area contributed by atoms with Gasteiger partial charge in [-0.3, -0.25) is 9.59 Å². The standard InChI is InChI=1S/C12H14BrNO4/c1-17-8-3-4-10(13)9(7-8)12(16)14-6-5-11(15)18-2/h3-4,7H,5-6H2,1-2H3,(H,14,16). The Morgan fingerprint density at radius 2 is 2.06 bits per heavy atom. The molecular formula is C12H14BrNO4. The van der Waals surface area contributed by atoms with Crippen LogP contribution < -0.4 is 10.1 Å². The number of amides is 1. The summed E-state index contributed by atoms with van der Waals surface area (Å²) in [5.41, 5.74) is 0.458. The van der Waals surface area contributed by atoms with Crippen LogP contribution in [0.3, 0.4) is 0 Å². The Balaban J connectivity index is 2.63. The van der Waals surface area contributed by atoms with E-state index in [0.29, 0.717) is 15.8 Å². The summed E-state index contributed by atoms with van der Waals surface area (Å²) in [4.78, 5) is 22.7. The summed E-state index contributed by atoms with van der Waals surface area (Å²) in [6.45, 7) is 0.231. The van der Waals surface area contributed by atoms with Gasteiger partial charge in [0.15, 0.2) is 0 Å². The van der Waals surface area contributed by atoms with Crippen molar-refractivity contribution in [1.29, 1.82) is 0 Å². The highest BCUT2D eigenvalue weighted by Crippen LogP contribution is 2.22. The molecule has 0 aliphatic heterocycles. The van der Waals surface area contributed by atoms with Crippen molar-refractivity contribution in [2.24, 2.45) is 0 Å². The molecule has 1 rings (SSSR count). The molecule has 0 bridgehead atoms. The second kappa shape index (κ2) is 7.00. The van der Waals surface area contributed by atoms with Gasteiger partial charge in [0.1, 0.15) is 5.75 Å². The topological polar surface area (TPSA) is 64.6 Å². The van der Waals surface area contributed by atoms with Gasteiger partial charge in [0.25, 0.3) is 5.91 Å². The Morgan fingerprint density at radius 3 is 2.67 bits per heavy atom. The predicted molar refractivity (Wildman–Crippen MR) is 69.7 cm³/mol. The number of esters is 1. The summed E-state index contributed by atoms with van der Waals surface area (Å²) in [5.74, 6) is -0.0407. The largest absolute Gasteiger partial charge is 0.497 e. The van der Waals surface area contributed by atoms with E-state index in [1.807, 2.05) is 0 Å². The molecule has 5 nitrogen and oxygen atoms in total. The number of carbonyl (C=O) groups excluding carboxylic acids is 2. The van der Waals surface area contributed by atoms with Gasteiger partial charge >= 0.3 is 5.97 Å². The normalized spacial score (nSPS) is 9.72. The molecule has 6 heteroatoms. The van der Waals surface area contributed by atoms with E-state index >= 15 is 0 Å². The van der Waals surface area contributed by atoms with Gasteiger partial charge < -0.3 is 14.8 Å². The quantitative estimate of drug-likeness (QED) is 0.841. The number of ether oxygens (including phenoxy) is 2. The van der Waals surface area contributed by atoms with E-state index in [0.717, 1.165) is 0 Å². The third-order valence-electron chi connectivity index (χ3n) is 2.26. The van der Waals surface area contributed by atoms with E-state index in [-0.39, 0.29) is 24.8 Å². The highest BCUT2D eigenvalue weighted by atomic mass is 79.9. The van der Waals surface area contributed by atoms with Gasteiger partial charge in [-0.2, -0.15) is 0 Å². The minimum Gasteiger partial charge on any atom is -0.497 e. The van der Waals surface area contributed by atoms with Crippen molar-refractivity contribution in [3.63, 3.8) is 0 Å². The second-order valence-electron chi connectivity index (χ2n) is 3.43. The van der Waals surface area contributed by atoms with Crippen LogP contribution in [-0.4, -0.2) is 32.6 Å². The molecule has 0 aliphatic rings. The van der Waals surface area contributed by atoms with Gasteiger partial charge in [-0.05, 0) is 34.1 Å². The molecule has 0 aromatic heterocycles. The van der Waals surface area contributed by atoms with Crippen LogP contribution in [0.2, 0.25) is 0 Å². The Morgan fingerprint density at radius 1 is 1.33 bits per heavy atom. The summed E-state index contributed by atoms with van der Waals surface area (Å²) in [6, 6.07) is 5.10. The van der Waals surface area contributed by atoms with Crippen molar-refractivity contribution in [3.05, 3.63) is 28.2 Å². The van der Waals surface area contributed by atoms with Crippen molar-refractivity contribution in [2.75, 3.05) is 20.8 Å². The fourth-order valence-electron chi connectivity index (χ4n) is 1.28. The third-order valence-corrected chi connectivity index (χ3v) is 2.95. The molecule has 98 valence electrons. The SMILES string of the molecule is COC(=O)CCNC(=O)c1cc(OC)ccc1Br. The molecule has 0 saturated heterocycles.